The number of carbonyl (C=O) groups is 1. The summed E-state index contributed by atoms with van der Waals surface area (Å²) in [5, 5.41) is 53.8. The van der Waals surface area contributed by atoms with Crippen LogP contribution >= 0.6 is 0 Å². The van der Waals surface area contributed by atoms with Crippen molar-refractivity contribution in [3.8, 4) is 0 Å². The van der Waals surface area contributed by atoms with Crippen LogP contribution < -0.4 is 5.11 Å². The molecule has 6 aliphatic rings. The van der Waals surface area contributed by atoms with Crippen molar-refractivity contribution in [2.45, 2.75) is 149 Å². The van der Waals surface area contributed by atoms with Crippen LogP contribution in [0.2, 0.25) is 0 Å². The largest absolute Gasteiger partial charge is 0.550 e. The lowest BCUT2D eigenvalue weighted by Gasteiger charge is -2.71. The molecule has 0 radical (unpaired) electrons. The molecule has 4 N–H and O–H groups in total. The summed E-state index contributed by atoms with van der Waals surface area (Å²) >= 11 is 0. The van der Waals surface area contributed by atoms with Crippen LogP contribution in [0.25, 0.3) is 0 Å². The molecule has 0 aromatic rings. The Balaban J connectivity index is 1.29. The predicted molar refractivity (Wildman–Crippen MR) is 163 cm³/mol. The van der Waals surface area contributed by atoms with Gasteiger partial charge in [0.2, 0.25) is 0 Å². The number of carbonyl (C=O) groups excluding carboxylic acids is 1. The van der Waals surface area contributed by atoms with E-state index in [0.717, 1.165) is 51.4 Å². The maximum atomic E-state index is 12.8. The molecule has 0 aromatic heterocycles. The minimum absolute atomic E-state index is 0.0393. The van der Waals surface area contributed by atoms with Crippen LogP contribution in [0.3, 0.4) is 0 Å². The number of fused-ring (bicyclic) bond motifs is 7. The first-order valence-electron chi connectivity index (χ1n) is 17.3. The topological polar surface area (TPSA) is 140 Å². The predicted octanol–water partition coefficient (Wildman–Crippen LogP) is 3.72. The monoisotopic (exact) mass is 617 g/mol. The number of carboxylic acids is 1. The fourth-order valence-corrected chi connectivity index (χ4v) is 12.2. The molecule has 5 aliphatic carbocycles. The Morgan fingerprint density at radius 2 is 1.59 bits per heavy atom. The molecule has 5 fully saturated rings. The van der Waals surface area contributed by atoms with E-state index in [4.69, 9.17) is 9.47 Å². The molecule has 1 saturated heterocycles. The fraction of sp³-hybridized carbons (Fsp3) is 0.917. The molecule has 1 aliphatic heterocycles. The van der Waals surface area contributed by atoms with Crippen LogP contribution in [-0.2, 0) is 14.3 Å². The van der Waals surface area contributed by atoms with Crippen LogP contribution in [0, 0.1) is 50.2 Å². The zero-order valence-electron chi connectivity index (χ0n) is 28.0. The second-order valence-electron chi connectivity index (χ2n) is 17.8. The van der Waals surface area contributed by atoms with Crippen LogP contribution in [-0.4, -0.2) is 69.8 Å². The number of aliphatic hydroxyl groups excluding tert-OH is 4. The van der Waals surface area contributed by atoms with Crippen molar-refractivity contribution in [2.24, 2.45) is 50.2 Å². The normalized spacial score (nSPS) is 52.9. The lowest BCUT2D eigenvalue weighted by atomic mass is 9.33. The summed E-state index contributed by atoms with van der Waals surface area (Å²) in [4.78, 5) is 12.8. The summed E-state index contributed by atoms with van der Waals surface area (Å²) < 4.78 is 12.2. The maximum Gasteiger partial charge on any atom is 0.186 e. The van der Waals surface area contributed by atoms with Crippen molar-refractivity contribution >= 4 is 5.97 Å². The average molecular weight is 618 g/mol. The highest BCUT2D eigenvalue weighted by Crippen LogP contribution is 2.75. The summed E-state index contributed by atoms with van der Waals surface area (Å²) in [5.41, 5.74) is 0.562. The van der Waals surface area contributed by atoms with Crippen molar-refractivity contribution < 1.29 is 39.8 Å². The molecule has 6 rings (SSSR count). The Labute approximate surface area is 263 Å². The molecule has 0 unspecified atom stereocenters. The Bertz CT molecular complexity index is 1180. The van der Waals surface area contributed by atoms with E-state index in [1.807, 2.05) is 0 Å². The molecular formula is C36H57O8-. The molecule has 13 atom stereocenters. The number of ether oxygens (including phenoxy) is 2. The second-order valence-corrected chi connectivity index (χ2v) is 17.8. The van der Waals surface area contributed by atoms with E-state index in [0.29, 0.717) is 24.7 Å². The molecule has 44 heavy (non-hydrogen) atoms. The molecule has 1 heterocycles. The van der Waals surface area contributed by atoms with Crippen molar-refractivity contribution in [1.29, 1.82) is 0 Å². The first-order chi connectivity index (χ1) is 20.4. The van der Waals surface area contributed by atoms with E-state index in [1.54, 1.807) is 0 Å². The summed E-state index contributed by atoms with van der Waals surface area (Å²) in [7, 11) is 0. The van der Waals surface area contributed by atoms with Crippen LogP contribution in [0.4, 0.5) is 0 Å². The van der Waals surface area contributed by atoms with Gasteiger partial charge >= 0.3 is 0 Å². The van der Waals surface area contributed by atoms with Crippen molar-refractivity contribution in [2.75, 3.05) is 6.61 Å². The van der Waals surface area contributed by atoms with Gasteiger partial charge in [-0.15, -0.1) is 0 Å². The number of hydrogen-bond donors (Lipinski definition) is 4. The summed E-state index contributed by atoms with van der Waals surface area (Å²) in [5.74, 6) is -0.00222. The highest BCUT2D eigenvalue weighted by molar-refractivity contribution is 5.74. The highest BCUT2D eigenvalue weighted by atomic mass is 16.7. The van der Waals surface area contributed by atoms with Crippen molar-refractivity contribution in [3.05, 3.63) is 11.6 Å². The van der Waals surface area contributed by atoms with Gasteiger partial charge in [0.05, 0.1) is 12.7 Å². The molecule has 0 bridgehead atoms. The van der Waals surface area contributed by atoms with Gasteiger partial charge in [0.15, 0.2) is 6.29 Å². The Morgan fingerprint density at radius 3 is 2.25 bits per heavy atom. The SMILES string of the molecule is CC1(C)CC[C@]2(C(=O)[O-])CC[C@]3(C)C(=CC[C@@H]4[C@@]5(C)CC[C@H](O[C@@H]6O[C@H](CO)[C@@H](O)[C@H](O)[C@H]6O)C(C)(C)[C@@H]5CC[C@]43C)[C@@H]2C1. The van der Waals surface area contributed by atoms with Gasteiger partial charge in [-0.3, -0.25) is 0 Å². The minimum atomic E-state index is -1.46. The molecular weight excluding hydrogens is 560 g/mol. The first-order valence-corrected chi connectivity index (χ1v) is 17.3. The van der Waals surface area contributed by atoms with Gasteiger partial charge in [-0.2, -0.15) is 0 Å². The zero-order chi connectivity index (χ0) is 32.3. The van der Waals surface area contributed by atoms with Gasteiger partial charge in [-0.1, -0.05) is 60.1 Å². The number of hydrogen-bond acceptors (Lipinski definition) is 8. The third kappa shape index (κ3) is 4.40. The quantitative estimate of drug-likeness (QED) is 0.277. The van der Waals surface area contributed by atoms with Gasteiger partial charge in [0, 0.05) is 11.4 Å². The van der Waals surface area contributed by atoms with Gasteiger partial charge in [-0.05, 0) is 109 Å². The van der Waals surface area contributed by atoms with E-state index < -0.39 is 48.7 Å². The number of aliphatic hydroxyl groups is 4. The molecule has 4 saturated carbocycles. The first kappa shape index (κ1) is 32.9. The van der Waals surface area contributed by atoms with E-state index in [9.17, 15) is 30.3 Å². The Kier molecular flexibility index (Phi) is 7.84. The summed E-state index contributed by atoms with van der Waals surface area (Å²) in [6, 6.07) is 0. The maximum absolute atomic E-state index is 12.8. The zero-order valence-corrected chi connectivity index (χ0v) is 28.0. The van der Waals surface area contributed by atoms with Crippen LogP contribution in [0.1, 0.15) is 113 Å². The standard InChI is InChI=1S/C36H58O8/c1-31(2)14-16-36(30(41)42)17-15-34(6)20(21(36)18-31)8-9-24-33(5)12-11-25(32(3,4)23(33)10-13-35(24,34)7)44-29-28(40)27(39)26(38)22(19-37)43-29/h8,21-29,37-40H,9-19H2,1-7H3,(H,41,42)/p-1/t21-,22+,23-,24+,25-,26+,27-,28+,29-,33-,34+,35+,36-/m0/s1. The van der Waals surface area contributed by atoms with E-state index >= 15 is 0 Å². The summed E-state index contributed by atoms with van der Waals surface area (Å²) in [6.07, 6.45) is 4.82. The average Bonchev–Trinajstić information content (AvgIpc) is 2.94. The van der Waals surface area contributed by atoms with Gasteiger partial charge < -0.3 is 39.8 Å². The molecule has 0 spiro atoms. The number of carboxylic acid groups (broad SMARTS) is 1. The van der Waals surface area contributed by atoms with Gasteiger partial charge in [0.25, 0.3) is 0 Å². The van der Waals surface area contributed by atoms with E-state index in [2.05, 4.69) is 54.5 Å². The molecule has 0 aromatic carbocycles. The highest BCUT2D eigenvalue weighted by Gasteiger charge is 2.68. The Hall–Kier alpha value is -1.03. The molecule has 8 nitrogen and oxygen atoms in total. The van der Waals surface area contributed by atoms with Gasteiger partial charge in [-0.25, -0.2) is 0 Å². The van der Waals surface area contributed by atoms with Crippen molar-refractivity contribution in [1.82, 2.24) is 0 Å². The second kappa shape index (κ2) is 10.5. The lowest BCUT2D eigenvalue weighted by Crippen LogP contribution is -2.66. The summed E-state index contributed by atoms with van der Waals surface area (Å²) in [6.45, 7) is 16.1. The molecule has 8 heteroatoms. The number of rotatable bonds is 4. The fourth-order valence-electron chi connectivity index (χ4n) is 12.2. The Morgan fingerprint density at radius 1 is 0.909 bits per heavy atom. The van der Waals surface area contributed by atoms with Gasteiger partial charge in [0.1, 0.15) is 24.4 Å². The lowest BCUT2D eigenvalue weighted by molar-refractivity contribution is -0.331. The third-order valence-corrected chi connectivity index (χ3v) is 15.1. The number of aliphatic carboxylic acids is 1. The van der Waals surface area contributed by atoms with Crippen LogP contribution in [0.5, 0.6) is 0 Å². The minimum Gasteiger partial charge on any atom is -0.550 e. The van der Waals surface area contributed by atoms with Crippen LogP contribution in [0.15, 0.2) is 11.6 Å². The molecule has 0 amide bonds. The molecule has 250 valence electrons. The van der Waals surface area contributed by atoms with E-state index in [-0.39, 0.29) is 39.1 Å². The van der Waals surface area contributed by atoms with E-state index in [1.165, 1.54) is 5.57 Å². The third-order valence-electron chi connectivity index (χ3n) is 15.1. The number of allylic oxidation sites excluding steroid dienone is 2. The van der Waals surface area contributed by atoms with Crippen molar-refractivity contribution in [3.63, 3.8) is 0 Å². The smallest absolute Gasteiger partial charge is 0.186 e.